The van der Waals surface area contributed by atoms with Crippen LogP contribution >= 0.6 is 0 Å². The molecule has 2 N–H and O–H groups in total. The fraction of sp³-hybridized carbons (Fsp3) is 0. The first-order chi connectivity index (χ1) is 14.1. The Hall–Kier alpha value is -3.68. The molecule has 14 heteroatoms. The Bertz CT molecular complexity index is 1400. The Balaban J connectivity index is 2.09. The standard InChI is InChI=1S/C16H6F5N3O5S/c17-9-10(18)12(20)15(13(21)11(9)19)30(27,28)16-6-1-2-7(25)8(5-3-22-29-4-5)14(6)24(26)23-16/h1-4,25-26H. The second-order valence-electron chi connectivity index (χ2n) is 5.87. The molecule has 0 bridgehead atoms. The van der Waals surface area contributed by atoms with Gasteiger partial charge in [0.2, 0.25) is 15.7 Å². The van der Waals surface area contributed by atoms with Crippen molar-refractivity contribution in [2.75, 3.05) is 0 Å². The molecule has 0 aliphatic carbocycles. The fourth-order valence-corrected chi connectivity index (χ4v) is 4.36. The highest BCUT2D eigenvalue weighted by molar-refractivity contribution is 7.91. The second kappa shape index (κ2) is 6.41. The largest absolute Gasteiger partial charge is 0.507 e. The molecule has 2 aromatic carbocycles. The van der Waals surface area contributed by atoms with Crippen molar-refractivity contribution in [3.63, 3.8) is 0 Å². The fourth-order valence-electron chi connectivity index (χ4n) is 2.88. The predicted octanol–water partition coefficient (Wildman–Crippen LogP) is 3.16. The third-order valence-corrected chi connectivity index (χ3v) is 5.89. The van der Waals surface area contributed by atoms with E-state index in [0.29, 0.717) is 0 Å². The summed E-state index contributed by atoms with van der Waals surface area (Å²) < 4.78 is 98.7. The van der Waals surface area contributed by atoms with Gasteiger partial charge in [0.05, 0.1) is 11.8 Å². The monoisotopic (exact) mass is 447 g/mol. The van der Waals surface area contributed by atoms with Gasteiger partial charge in [-0.2, -0.15) is 0 Å². The molecule has 4 rings (SSSR count). The number of halogens is 5. The van der Waals surface area contributed by atoms with Crippen LogP contribution in [-0.2, 0) is 9.84 Å². The Morgan fingerprint density at radius 2 is 1.57 bits per heavy atom. The third kappa shape index (κ3) is 2.53. The van der Waals surface area contributed by atoms with Gasteiger partial charge in [-0.3, -0.25) is 0 Å². The quantitative estimate of drug-likeness (QED) is 0.163. The molecular weight excluding hydrogens is 441 g/mol. The lowest BCUT2D eigenvalue weighted by Gasteiger charge is -2.08. The molecule has 2 aromatic heterocycles. The van der Waals surface area contributed by atoms with Crippen molar-refractivity contribution >= 4 is 20.7 Å². The van der Waals surface area contributed by atoms with E-state index >= 15 is 0 Å². The number of phenolic OH excluding ortho intramolecular Hbond substituents is 1. The number of nitrogens with zero attached hydrogens (tertiary/aromatic N) is 3. The van der Waals surface area contributed by atoms with Gasteiger partial charge in [0.1, 0.15) is 17.5 Å². The highest BCUT2D eigenvalue weighted by Gasteiger charge is 2.38. The zero-order chi connectivity index (χ0) is 22.0. The van der Waals surface area contributed by atoms with Crippen molar-refractivity contribution in [3.8, 4) is 16.9 Å². The molecule has 156 valence electrons. The lowest BCUT2D eigenvalue weighted by Crippen LogP contribution is -2.14. The van der Waals surface area contributed by atoms with Gasteiger partial charge in [0.25, 0.3) is 0 Å². The Morgan fingerprint density at radius 3 is 2.13 bits per heavy atom. The van der Waals surface area contributed by atoms with E-state index in [9.17, 15) is 40.7 Å². The Morgan fingerprint density at radius 1 is 0.967 bits per heavy atom. The molecule has 0 atom stereocenters. The maximum Gasteiger partial charge on any atom is 0.232 e. The van der Waals surface area contributed by atoms with Crippen LogP contribution in [0.5, 0.6) is 5.75 Å². The van der Waals surface area contributed by atoms with E-state index in [2.05, 4.69) is 14.8 Å². The summed E-state index contributed by atoms with van der Waals surface area (Å²) in [5.74, 6) is -13.1. The lowest BCUT2D eigenvalue weighted by atomic mass is 10.1. The summed E-state index contributed by atoms with van der Waals surface area (Å²) in [6.45, 7) is 0. The van der Waals surface area contributed by atoms with Crippen LogP contribution in [-0.4, -0.2) is 33.8 Å². The van der Waals surface area contributed by atoms with Crippen LogP contribution < -0.4 is 0 Å². The van der Waals surface area contributed by atoms with E-state index in [0.717, 1.165) is 24.6 Å². The van der Waals surface area contributed by atoms with E-state index in [-0.39, 0.29) is 16.0 Å². The highest BCUT2D eigenvalue weighted by atomic mass is 32.2. The molecule has 4 aromatic rings. The van der Waals surface area contributed by atoms with E-state index < -0.39 is 65.5 Å². The summed E-state index contributed by atoms with van der Waals surface area (Å²) >= 11 is 0. The summed E-state index contributed by atoms with van der Waals surface area (Å²) in [4.78, 5) is -2.17. The summed E-state index contributed by atoms with van der Waals surface area (Å²) in [6, 6.07) is 1.88. The Kier molecular flexibility index (Phi) is 4.20. The number of aromatic nitrogens is 3. The van der Waals surface area contributed by atoms with Crippen LogP contribution in [0.3, 0.4) is 0 Å². The molecule has 0 spiro atoms. The maximum atomic E-state index is 14.1. The minimum absolute atomic E-state index is 0.0314. The molecule has 30 heavy (non-hydrogen) atoms. The van der Waals surface area contributed by atoms with Gasteiger partial charge < -0.3 is 14.8 Å². The maximum absolute atomic E-state index is 14.1. The van der Waals surface area contributed by atoms with Gasteiger partial charge >= 0.3 is 0 Å². The van der Waals surface area contributed by atoms with Crippen LogP contribution in [0.2, 0.25) is 0 Å². The first-order valence-electron chi connectivity index (χ1n) is 7.67. The number of hydrogen-bond donors (Lipinski definition) is 2. The summed E-state index contributed by atoms with van der Waals surface area (Å²) in [7, 11) is -5.48. The van der Waals surface area contributed by atoms with E-state index in [1.54, 1.807) is 0 Å². The van der Waals surface area contributed by atoms with E-state index in [1.165, 1.54) is 0 Å². The number of hydrogen-bond acceptors (Lipinski definition) is 7. The van der Waals surface area contributed by atoms with E-state index in [1.807, 2.05) is 0 Å². The van der Waals surface area contributed by atoms with Gasteiger partial charge in [-0.05, 0) is 12.1 Å². The average Bonchev–Trinajstić information content (AvgIpc) is 3.34. The number of fused-ring (bicyclic) bond motifs is 1. The Labute approximate surface area is 162 Å². The summed E-state index contributed by atoms with van der Waals surface area (Å²) in [5, 5.41) is 25.1. The second-order valence-corrected chi connectivity index (χ2v) is 7.67. The molecule has 0 amide bonds. The van der Waals surface area contributed by atoms with Crippen LogP contribution in [0.15, 0.2) is 39.0 Å². The third-order valence-electron chi connectivity index (χ3n) is 4.19. The highest BCUT2D eigenvalue weighted by Crippen LogP contribution is 2.40. The lowest BCUT2D eigenvalue weighted by molar-refractivity contribution is 0.157. The molecule has 0 aliphatic heterocycles. The molecule has 0 fully saturated rings. The van der Waals surface area contributed by atoms with Crippen LogP contribution in [0, 0.1) is 29.1 Å². The van der Waals surface area contributed by atoms with Crippen LogP contribution in [0.25, 0.3) is 22.0 Å². The smallest absolute Gasteiger partial charge is 0.232 e. The zero-order valence-corrected chi connectivity index (χ0v) is 14.9. The van der Waals surface area contributed by atoms with Crippen molar-refractivity contribution in [1.29, 1.82) is 0 Å². The number of sulfone groups is 1. The molecule has 0 radical (unpaired) electrons. The molecule has 2 heterocycles. The van der Waals surface area contributed by atoms with Crippen molar-refractivity contribution in [3.05, 3.63) is 53.7 Å². The predicted molar refractivity (Wildman–Crippen MR) is 85.8 cm³/mol. The van der Waals surface area contributed by atoms with Gasteiger partial charge in [0, 0.05) is 10.9 Å². The molecule has 8 nitrogen and oxygen atoms in total. The number of phenols is 1. The van der Waals surface area contributed by atoms with Crippen molar-refractivity contribution in [1.82, 2.24) is 15.1 Å². The number of aromatic hydroxyl groups is 1. The average molecular weight is 447 g/mol. The molecule has 0 saturated heterocycles. The minimum Gasteiger partial charge on any atom is -0.507 e. The molecule has 0 aliphatic rings. The molecular formula is C16H6F5N3O5S. The molecule has 0 saturated carbocycles. The van der Waals surface area contributed by atoms with Gasteiger partial charge in [-0.25, -0.2) is 30.4 Å². The zero-order valence-electron chi connectivity index (χ0n) is 14.1. The van der Waals surface area contributed by atoms with E-state index in [4.69, 9.17) is 0 Å². The summed E-state index contributed by atoms with van der Waals surface area (Å²) in [6.07, 6.45) is 2.12. The van der Waals surface area contributed by atoms with Crippen LogP contribution in [0.4, 0.5) is 22.0 Å². The minimum atomic E-state index is -5.48. The van der Waals surface area contributed by atoms with Crippen LogP contribution in [0.1, 0.15) is 0 Å². The van der Waals surface area contributed by atoms with Crippen molar-refractivity contribution < 1.29 is 45.2 Å². The van der Waals surface area contributed by atoms with Gasteiger partial charge in [0.15, 0.2) is 33.2 Å². The SMILES string of the molecule is O=S(=O)(c1c(F)c(F)c(F)c(F)c1F)c1nn(O)c2c(-c3cnoc3)c(O)ccc12. The van der Waals surface area contributed by atoms with Crippen molar-refractivity contribution in [2.24, 2.45) is 0 Å². The normalized spacial score (nSPS) is 12.0. The topological polar surface area (TPSA) is 118 Å². The van der Waals surface area contributed by atoms with Gasteiger partial charge in [-0.15, -0.1) is 5.10 Å². The first kappa shape index (κ1) is 19.6. The summed E-state index contributed by atoms with van der Waals surface area (Å²) in [5.41, 5.74) is -0.614. The van der Waals surface area contributed by atoms with Crippen molar-refractivity contribution in [2.45, 2.75) is 9.92 Å². The number of rotatable bonds is 3. The molecule has 0 unspecified atom stereocenters. The van der Waals surface area contributed by atoms with Gasteiger partial charge in [-0.1, -0.05) is 10.0 Å². The first-order valence-corrected chi connectivity index (χ1v) is 9.15. The number of benzene rings is 2.